The Morgan fingerprint density at radius 1 is 0.971 bits per heavy atom. The summed E-state index contributed by atoms with van der Waals surface area (Å²) in [6.45, 7) is 7.32. The van der Waals surface area contributed by atoms with Crippen LogP contribution in [0.1, 0.15) is 34.4 Å². The number of anilines is 1. The molecule has 0 aromatic carbocycles. The van der Waals surface area contributed by atoms with Crippen LogP contribution in [0.4, 0.5) is 19.0 Å². The lowest BCUT2D eigenvalue weighted by molar-refractivity contribution is -0.141. The first-order chi connectivity index (χ1) is 16.7. The third kappa shape index (κ3) is 4.66. The van der Waals surface area contributed by atoms with Gasteiger partial charge in [-0.05, 0) is 50.6 Å². The first-order valence-electron chi connectivity index (χ1n) is 11.2. The number of hydrogen-bond donors (Lipinski definition) is 0. The molecule has 1 atom stereocenters. The Balaban J connectivity index is 1.58. The van der Waals surface area contributed by atoms with E-state index in [-0.39, 0.29) is 6.10 Å². The van der Waals surface area contributed by atoms with Crippen LogP contribution >= 0.6 is 0 Å². The summed E-state index contributed by atoms with van der Waals surface area (Å²) in [5.74, 6) is 0.657. The van der Waals surface area contributed by atoms with Gasteiger partial charge in [-0.1, -0.05) is 0 Å². The highest BCUT2D eigenvalue weighted by atomic mass is 19.4. The molecule has 5 rings (SSSR count). The van der Waals surface area contributed by atoms with Gasteiger partial charge in [-0.3, -0.25) is 9.97 Å². The van der Waals surface area contributed by atoms with Gasteiger partial charge in [0.1, 0.15) is 28.8 Å². The molecule has 0 saturated carbocycles. The van der Waals surface area contributed by atoms with Crippen molar-refractivity contribution in [1.29, 1.82) is 0 Å². The second-order valence-electron chi connectivity index (χ2n) is 8.56. The zero-order valence-corrected chi connectivity index (χ0v) is 19.5. The molecule has 0 amide bonds. The molecule has 4 aromatic rings. The van der Waals surface area contributed by atoms with E-state index in [4.69, 9.17) is 14.7 Å². The summed E-state index contributed by atoms with van der Waals surface area (Å²) in [6.07, 6.45) is -1.73. The van der Waals surface area contributed by atoms with Crippen molar-refractivity contribution in [3.8, 4) is 11.3 Å². The second kappa shape index (κ2) is 8.84. The predicted octanol–water partition coefficient (Wildman–Crippen LogP) is 5.00. The Kier molecular flexibility index (Phi) is 5.84. The molecule has 0 radical (unpaired) electrons. The van der Waals surface area contributed by atoms with Gasteiger partial charge in [0.2, 0.25) is 0 Å². The summed E-state index contributed by atoms with van der Waals surface area (Å²) in [5, 5.41) is 0. The van der Waals surface area contributed by atoms with Crippen LogP contribution < -0.4 is 4.90 Å². The molecule has 0 N–H and O–H groups in total. The minimum Gasteiger partial charge on any atom is -0.370 e. The van der Waals surface area contributed by atoms with E-state index in [1.165, 1.54) is 12.3 Å². The fraction of sp³-hybridized carbons (Fsp3) is 0.320. The van der Waals surface area contributed by atoms with Crippen molar-refractivity contribution < 1.29 is 17.9 Å². The Morgan fingerprint density at radius 2 is 1.77 bits per heavy atom. The van der Waals surface area contributed by atoms with Crippen LogP contribution in [0.3, 0.4) is 0 Å². The lowest BCUT2D eigenvalue weighted by Gasteiger charge is -2.34. The molecule has 0 unspecified atom stereocenters. The third-order valence-corrected chi connectivity index (χ3v) is 6.06. The largest absolute Gasteiger partial charge is 0.433 e. The monoisotopic (exact) mass is 480 g/mol. The van der Waals surface area contributed by atoms with Gasteiger partial charge in [-0.2, -0.15) is 13.2 Å². The van der Waals surface area contributed by atoms with Gasteiger partial charge in [0.05, 0.1) is 23.5 Å². The number of morpholine rings is 1. The first-order valence-corrected chi connectivity index (χ1v) is 11.2. The Morgan fingerprint density at radius 3 is 2.49 bits per heavy atom. The number of ether oxygens (including phenoxy) is 1. The smallest absolute Gasteiger partial charge is 0.370 e. The molecule has 180 valence electrons. The Bertz CT molecular complexity index is 1390. The van der Waals surface area contributed by atoms with Gasteiger partial charge in [0.15, 0.2) is 0 Å². The lowest BCUT2D eigenvalue weighted by atomic mass is 10.1. The topological polar surface area (TPSA) is 76.9 Å². The molecule has 0 aliphatic carbocycles. The van der Waals surface area contributed by atoms with Gasteiger partial charge >= 0.3 is 6.18 Å². The number of nitrogens with zero attached hydrogens (tertiary/aromatic N) is 6. The van der Waals surface area contributed by atoms with Crippen LogP contribution in [0.2, 0.25) is 0 Å². The third-order valence-electron chi connectivity index (χ3n) is 6.06. The minimum absolute atomic E-state index is 0.162. The second-order valence-corrected chi connectivity index (χ2v) is 8.56. The van der Waals surface area contributed by atoms with Gasteiger partial charge in [0, 0.05) is 42.8 Å². The number of fused-ring (bicyclic) bond motifs is 1. The van der Waals surface area contributed by atoms with Crippen molar-refractivity contribution in [2.75, 3.05) is 24.6 Å². The normalized spacial score (nSPS) is 16.6. The highest BCUT2D eigenvalue weighted by Crippen LogP contribution is 2.33. The van der Waals surface area contributed by atoms with Gasteiger partial charge in [-0.25, -0.2) is 15.0 Å². The molecule has 10 heteroatoms. The number of aryl methyl sites for hydroxylation is 3. The van der Waals surface area contributed by atoms with Gasteiger partial charge in [-0.15, -0.1) is 0 Å². The number of rotatable bonds is 3. The number of aromatic nitrogens is 5. The van der Waals surface area contributed by atoms with Crippen LogP contribution in [0.15, 0.2) is 42.7 Å². The van der Waals surface area contributed by atoms with Crippen molar-refractivity contribution >= 4 is 16.9 Å². The van der Waals surface area contributed by atoms with Crippen molar-refractivity contribution in [1.82, 2.24) is 24.9 Å². The summed E-state index contributed by atoms with van der Waals surface area (Å²) in [4.78, 5) is 24.2. The lowest BCUT2D eigenvalue weighted by Crippen LogP contribution is -2.39. The van der Waals surface area contributed by atoms with E-state index in [2.05, 4.69) is 19.9 Å². The first kappa shape index (κ1) is 23.1. The quantitative estimate of drug-likeness (QED) is 0.408. The van der Waals surface area contributed by atoms with Gasteiger partial charge < -0.3 is 9.64 Å². The Labute approximate surface area is 200 Å². The fourth-order valence-corrected chi connectivity index (χ4v) is 4.11. The maximum atomic E-state index is 13.1. The molecule has 1 fully saturated rings. The number of alkyl halides is 3. The van der Waals surface area contributed by atoms with E-state index >= 15 is 0 Å². The zero-order valence-electron chi connectivity index (χ0n) is 19.5. The summed E-state index contributed by atoms with van der Waals surface area (Å²) in [5.41, 5.74) is 4.51. The van der Waals surface area contributed by atoms with E-state index < -0.39 is 11.9 Å². The highest BCUT2D eigenvalue weighted by molar-refractivity contribution is 5.91. The van der Waals surface area contributed by atoms with E-state index in [1.54, 1.807) is 6.20 Å². The molecular weight excluding hydrogens is 457 g/mol. The minimum atomic E-state index is -4.52. The molecule has 1 saturated heterocycles. The van der Waals surface area contributed by atoms with E-state index in [0.717, 1.165) is 28.7 Å². The summed E-state index contributed by atoms with van der Waals surface area (Å²) in [6, 6.07) is 8.14. The molecule has 0 bridgehead atoms. The van der Waals surface area contributed by atoms with E-state index in [1.807, 2.05) is 39.0 Å². The van der Waals surface area contributed by atoms with Crippen molar-refractivity contribution in [3.05, 3.63) is 71.1 Å². The van der Waals surface area contributed by atoms with Crippen LogP contribution in [-0.2, 0) is 10.9 Å². The van der Waals surface area contributed by atoms with Crippen LogP contribution in [-0.4, -0.2) is 44.6 Å². The SMILES string of the molecule is Cc1cc([C@H]2CN(c3cc4nc(C)c(C)nc4c(-c4ccc(C(F)(F)F)nc4)n3)CCO2)ccn1. The van der Waals surface area contributed by atoms with E-state index in [9.17, 15) is 13.2 Å². The van der Waals surface area contributed by atoms with E-state index in [0.29, 0.717) is 47.8 Å². The molecular formula is C25H23F3N6O. The number of pyridine rings is 3. The van der Waals surface area contributed by atoms with Crippen LogP contribution in [0, 0.1) is 20.8 Å². The standard InChI is InChI=1S/C25H23F3N6O/c1-14-10-17(6-7-29-14)20-13-34(8-9-35-20)22-11-19-24(32-16(3)15(2)31-19)23(33-22)18-4-5-21(30-12-18)25(26,27)28/h4-7,10-12,20H,8-9,13H2,1-3H3/t20-/m1/s1. The van der Waals surface area contributed by atoms with Crippen LogP contribution in [0.25, 0.3) is 22.3 Å². The molecule has 1 aliphatic heterocycles. The van der Waals surface area contributed by atoms with Crippen molar-refractivity contribution in [3.63, 3.8) is 0 Å². The highest BCUT2D eigenvalue weighted by Gasteiger charge is 2.32. The summed E-state index contributed by atoms with van der Waals surface area (Å²) in [7, 11) is 0. The van der Waals surface area contributed by atoms with Crippen molar-refractivity contribution in [2.45, 2.75) is 33.1 Å². The number of halogens is 3. The fourth-order valence-electron chi connectivity index (χ4n) is 4.11. The van der Waals surface area contributed by atoms with Gasteiger partial charge in [0.25, 0.3) is 0 Å². The molecule has 35 heavy (non-hydrogen) atoms. The molecule has 5 heterocycles. The predicted molar refractivity (Wildman–Crippen MR) is 125 cm³/mol. The molecule has 4 aromatic heterocycles. The Hall–Kier alpha value is -3.66. The average molecular weight is 480 g/mol. The maximum Gasteiger partial charge on any atom is 0.433 e. The molecule has 0 spiro atoms. The average Bonchev–Trinajstić information content (AvgIpc) is 2.84. The number of hydrogen-bond acceptors (Lipinski definition) is 7. The summed E-state index contributed by atoms with van der Waals surface area (Å²) < 4.78 is 45.2. The van der Waals surface area contributed by atoms with Crippen LogP contribution in [0.5, 0.6) is 0 Å². The van der Waals surface area contributed by atoms with Crippen molar-refractivity contribution in [2.24, 2.45) is 0 Å². The molecule has 1 aliphatic rings. The molecule has 7 nitrogen and oxygen atoms in total. The zero-order chi connectivity index (χ0) is 24.7. The maximum absolute atomic E-state index is 13.1. The summed E-state index contributed by atoms with van der Waals surface area (Å²) >= 11 is 0.